The smallest absolute Gasteiger partial charge is 0.269 e. The van der Waals surface area contributed by atoms with Crippen molar-refractivity contribution < 1.29 is 14.8 Å². The minimum atomic E-state index is -0.497. The molecule has 8 aromatic rings. The number of phenolic OH excluding ortho intramolecular Hbond substituents is 1. The molecule has 0 atom stereocenters. The zero-order valence-corrected chi connectivity index (χ0v) is 32.3. The maximum absolute atomic E-state index is 13.1. The molecule has 292 valence electrons. The van der Waals surface area contributed by atoms with Gasteiger partial charge in [-0.15, -0.1) is 0 Å². The minimum Gasteiger partial charge on any atom is -0.508 e. The van der Waals surface area contributed by atoms with Crippen LogP contribution in [0, 0.1) is 10.1 Å². The van der Waals surface area contributed by atoms with E-state index in [0.29, 0.717) is 11.3 Å². The number of H-pyrrole nitrogens is 2. The predicted octanol–water partition coefficient (Wildman–Crippen LogP) is 12.2. The van der Waals surface area contributed by atoms with Crippen LogP contribution in [-0.2, 0) is 0 Å². The monoisotopic (exact) mass is 794 g/mol. The summed E-state index contributed by atoms with van der Waals surface area (Å²) in [6.07, 6.45) is 8.15. The number of carbonyl (C=O) groups is 1. The van der Waals surface area contributed by atoms with Crippen LogP contribution in [-0.4, -0.2) is 35.9 Å². The van der Waals surface area contributed by atoms with Crippen LogP contribution in [0.15, 0.2) is 158 Å². The number of nitrogens with zero attached hydrogens (tertiary/aromatic N) is 3. The Balaban J connectivity index is 1.22. The average molecular weight is 795 g/mol. The summed E-state index contributed by atoms with van der Waals surface area (Å²) >= 11 is 0. The van der Waals surface area contributed by atoms with Gasteiger partial charge < -0.3 is 20.4 Å². The van der Waals surface area contributed by atoms with Crippen LogP contribution in [0.4, 0.5) is 11.4 Å². The molecule has 0 unspecified atom stereocenters. The molecule has 5 aromatic carbocycles. The Morgan fingerprint density at radius 3 is 1.26 bits per heavy atom. The number of benzene rings is 5. The third-order valence-electron chi connectivity index (χ3n) is 10.8. The Labute approximate surface area is 349 Å². The number of amides is 1. The highest BCUT2D eigenvalue weighted by Crippen LogP contribution is 2.39. The summed E-state index contributed by atoms with van der Waals surface area (Å²) in [5.41, 5.74) is 14.6. The highest BCUT2D eigenvalue weighted by molar-refractivity contribution is 6.05. The van der Waals surface area contributed by atoms with Crippen LogP contribution in [0.2, 0.25) is 0 Å². The first kappa shape index (κ1) is 36.7. The number of nitrogens with one attached hydrogen (secondary N) is 3. The van der Waals surface area contributed by atoms with Crippen LogP contribution in [0.1, 0.15) is 33.1 Å². The molecule has 10 heteroatoms. The first-order valence-electron chi connectivity index (χ1n) is 19.6. The molecule has 4 N–H and O–H groups in total. The Morgan fingerprint density at radius 2 is 0.869 bits per heavy atom. The molecule has 5 heterocycles. The molecule has 1 amide bonds. The van der Waals surface area contributed by atoms with Crippen molar-refractivity contribution in [3.8, 4) is 50.3 Å². The van der Waals surface area contributed by atoms with E-state index in [1.54, 1.807) is 12.1 Å². The van der Waals surface area contributed by atoms with Gasteiger partial charge in [-0.25, -0.2) is 9.97 Å². The number of anilines is 1. The lowest BCUT2D eigenvalue weighted by molar-refractivity contribution is -0.384. The molecule has 0 saturated carbocycles. The second-order valence-corrected chi connectivity index (χ2v) is 14.6. The summed E-state index contributed by atoms with van der Waals surface area (Å²) in [7, 11) is 0. The maximum atomic E-state index is 13.1. The fourth-order valence-corrected chi connectivity index (χ4v) is 7.92. The number of aromatic amines is 2. The highest BCUT2D eigenvalue weighted by Gasteiger charge is 2.19. The van der Waals surface area contributed by atoms with E-state index in [9.17, 15) is 20.0 Å². The predicted molar refractivity (Wildman–Crippen MR) is 243 cm³/mol. The van der Waals surface area contributed by atoms with Gasteiger partial charge in [0.1, 0.15) is 5.75 Å². The topological polar surface area (TPSA) is 150 Å². The van der Waals surface area contributed by atoms with Gasteiger partial charge in [-0.3, -0.25) is 14.9 Å². The first-order chi connectivity index (χ1) is 29.9. The number of hydrogen-bond acceptors (Lipinski definition) is 6. The summed E-state index contributed by atoms with van der Waals surface area (Å²) in [6, 6.07) is 48.8. The number of non-ortho nitro benzene ring substituents is 1. The molecular formula is C51H34N6O4. The lowest BCUT2D eigenvalue weighted by Crippen LogP contribution is -2.11. The van der Waals surface area contributed by atoms with Gasteiger partial charge in [0.2, 0.25) is 0 Å². The molecule has 2 aliphatic rings. The van der Waals surface area contributed by atoms with Crippen molar-refractivity contribution in [3.63, 3.8) is 0 Å². The summed E-state index contributed by atoms with van der Waals surface area (Å²) in [6.45, 7) is 0. The van der Waals surface area contributed by atoms with E-state index in [-0.39, 0.29) is 17.3 Å². The second kappa shape index (κ2) is 15.3. The Hall–Kier alpha value is -8.63. The molecule has 3 aromatic heterocycles. The van der Waals surface area contributed by atoms with Gasteiger partial charge in [0.25, 0.3) is 11.6 Å². The van der Waals surface area contributed by atoms with Gasteiger partial charge in [0, 0.05) is 67.7 Å². The van der Waals surface area contributed by atoms with E-state index in [4.69, 9.17) is 9.97 Å². The number of rotatable bonds is 7. The maximum Gasteiger partial charge on any atom is 0.269 e. The number of carbonyl (C=O) groups excluding carboxylic acids is 1. The van der Waals surface area contributed by atoms with Crippen molar-refractivity contribution in [1.29, 1.82) is 0 Å². The normalized spacial score (nSPS) is 11.7. The van der Waals surface area contributed by atoms with E-state index >= 15 is 0 Å². The van der Waals surface area contributed by atoms with Crippen molar-refractivity contribution in [2.24, 2.45) is 0 Å². The molecule has 10 rings (SSSR count). The van der Waals surface area contributed by atoms with Gasteiger partial charge in [0.15, 0.2) is 0 Å². The van der Waals surface area contributed by atoms with Crippen molar-refractivity contribution in [2.45, 2.75) is 0 Å². The molecule has 8 bridgehead atoms. The fraction of sp³-hybridized carbons (Fsp3) is 0. The number of nitro benzene ring substituents is 1. The van der Waals surface area contributed by atoms with Crippen LogP contribution >= 0.6 is 0 Å². The Morgan fingerprint density at radius 1 is 0.492 bits per heavy atom. The molecule has 2 aliphatic heterocycles. The van der Waals surface area contributed by atoms with Crippen LogP contribution in [0.5, 0.6) is 5.75 Å². The summed E-state index contributed by atoms with van der Waals surface area (Å²) in [5.74, 6) is -0.201. The van der Waals surface area contributed by atoms with Crippen molar-refractivity contribution >= 4 is 63.7 Å². The zero-order chi connectivity index (χ0) is 41.5. The third kappa shape index (κ3) is 7.04. The lowest BCUT2D eigenvalue weighted by Gasteiger charge is -2.09. The lowest BCUT2D eigenvalue weighted by atomic mass is 10.0. The van der Waals surface area contributed by atoms with Crippen molar-refractivity contribution in [1.82, 2.24) is 19.9 Å². The molecule has 61 heavy (non-hydrogen) atoms. The number of hydrogen-bond donors (Lipinski definition) is 4. The van der Waals surface area contributed by atoms with Crippen molar-refractivity contribution in [2.75, 3.05) is 5.32 Å². The Bertz CT molecular complexity index is 3200. The molecule has 0 spiro atoms. The second-order valence-electron chi connectivity index (χ2n) is 14.6. The summed E-state index contributed by atoms with van der Waals surface area (Å²) in [4.78, 5) is 41.9. The van der Waals surface area contributed by atoms with Crippen molar-refractivity contribution in [3.05, 3.63) is 196 Å². The number of aromatic hydroxyl groups is 1. The van der Waals surface area contributed by atoms with Crippen LogP contribution in [0.25, 0.3) is 90.9 Å². The minimum absolute atomic E-state index is 0.0856. The van der Waals surface area contributed by atoms with Gasteiger partial charge in [-0.05, 0) is 107 Å². The van der Waals surface area contributed by atoms with Gasteiger partial charge in [-0.1, -0.05) is 84.9 Å². The van der Waals surface area contributed by atoms with Gasteiger partial charge in [-0.2, -0.15) is 0 Å². The fourth-order valence-electron chi connectivity index (χ4n) is 7.92. The molecule has 0 saturated heterocycles. The van der Waals surface area contributed by atoms with Gasteiger partial charge in [0.05, 0.1) is 27.7 Å². The number of nitro groups is 1. The van der Waals surface area contributed by atoms with Gasteiger partial charge >= 0.3 is 0 Å². The summed E-state index contributed by atoms with van der Waals surface area (Å²) in [5, 5.41) is 24.3. The quantitative estimate of drug-likeness (QED) is 0.0932. The van der Waals surface area contributed by atoms with Crippen LogP contribution in [0.3, 0.4) is 0 Å². The highest BCUT2D eigenvalue weighted by atomic mass is 16.6. The molecule has 0 radical (unpaired) electrons. The largest absolute Gasteiger partial charge is 0.508 e. The Kier molecular flexibility index (Phi) is 9.19. The number of phenols is 1. The summed E-state index contributed by atoms with van der Waals surface area (Å²) < 4.78 is 0. The SMILES string of the molecule is O=C(Nc1ccc(-c2c3nc(c(-c4ccccc4)c4ccc([nH]4)c(-c4ccc(O)cc4)c4nc(c(-c5ccccc5)c5ccc2[nH]5)C=C4)C=C3)cc1)c1ccc([N+](=O)[O-])cc1. The molecule has 0 aliphatic carbocycles. The van der Waals surface area contributed by atoms with E-state index < -0.39 is 4.92 Å². The average Bonchev–Trinajstić information content (AvgIpc) is 4.14. The standard InChI is InChI=1S/C51H34N6O4/c58-38-21-15-34(16-22-38)50-45-29-25-41(55-45)47(31-7-3-1-4-8-31)39-23-27-43(53-39)49(33-11-17-36(18-12-33)52-51(59)35-13-19-37(20-14-35)57(60)61)44-28-24-40(54-44)48(32-9-5-2-6-10-32)42-26-30-46(50)56-42/h1-30,53,56,58H,(H,52,59). The van der Waals surface area contributed by atoms with E-state index in [1.165, 1.54) is 24.3 Å². The number of fused-ring (bicyclic) bond motifs is 8. The molecule has 10 nitrogen and oxygen atoms in total. The van der Waals surface area contributed by atoms with E-state index in [0.717, 1.165) is 89.4 Å². The van der Waals surface area contributed by atoms with E-state index in [2.05, 4.69) is 63.8 Å². The zero-order valence-electron chi connectivity index (χ0n) is 32.3. The molecule has 0 fully saturated rings. The van der Waals surface area contributed by atoms with Crippen LogP contribution < -0.4 is 5.32 Å². The van der Waals surface area contributed by atoms with E-state index in [1.807, 2.05) is 97.1 Å². The third-order valence-corrected chi connectivity index (χ3v) is 10.8. The molecular weight excluding hydrogens is 761 g/mol. The first-order valence-corrected chi connectivity index (χ1v) is 19.6. The number of aromatic nitrogens is 4.